The number of ether oxygens (including phenoxy) is 1. The largest absolute Gasteiger partial charge is 0.466 e. The SMILES string of the molecule is CCOC(=O)[C@H]1CCCN(C(=O)c2nc(-c3cccs3)oc2C)C1. The van der Waals surface area contributed by atoms with Gasteiger partial charge in [0.2, 0.25) is 5.89 Å². The maximum absolute atomic E-state index is 12.8. The second-order valence-corrected chi connectivity index (χ2v) is 6.69. The van der Waals surface area contributed by atoms with Gasteiger partial charge < -0.3 is 14.1 Å². The van der Waals surface area contributed by atoms with E-state index in [2.05, 4.69) is 4.98 Å². The molecule has 0 spiro atoms. The Kier molecular flexibility index (Phi) is 4.99. The predicted octanol–water partition coefficient (Wildman–Crippen LogP) is 3.13. The van der Waals surface area contributed by atoms with E-state index in [0.717, 1.165) is 17.7 Å². The Morgan fingerprint density at radius 2 is 2.33 bits per heavy atom. The van der Waals surface area contributed by atoms with E-state index in [-0.39, 0.29) is 17.8 Å². The second-order valence-electron chi connectivity index (χ2n) is 5.74. The van der Waals surface area contributed by atoms with Crippen LogP contribution in [0.3, 0.4) is 0 Å². The van der Waals surface area contributed by atoms with Crippen LogP contribution in [0.15, 0.2) is 21.9 Å². The Morgan fingerprint density at radius 3 is 3.04 bits per heavy atom. The summed E-state index contributed by atoms with van der Waals surface area (Å²) >= 11 is 1.51. The molecule has 1 amide bonds. The van der Waals surface area contributed by atoms with Crippen molar-refractivity contribution in [1.82, 2.24) is 9.88 Å². The van der Waals surface area contributed by atoms with Gasteiger partial charge in [0.25, 0.3) is 5.91 Å². The van der Waals surface area contributed by atoms with Crippen LogP contribution >= 0.6 is 11.3 Å². The van der Waals surface area contributed by atoms with E-state index < -0.39 is 0 Å². The molecule has 0 unspecified atom stereocenters. The topological polar surface area (TPSA) is 72.6 Å². The van der Waals surface area contributed by atoms with Gasteiger partial charge in [-0.1, -0.05) is 6.07 Å². The van der Waals surface area contributed by atoms with Crippen molar-refractivity contribution in [3.8, 4) is 10.8 Å². The number of amides is 1. The summed E-state index contributed by atoms with van der Waals surface area (Å²) < 4.78 is 10.7. The second kappa shape index (κ2) is 7.17. The first kappa shape index (κ1) is 16.7. The van der Waals surface area contributed by atoms with E-state index in [9.17, 15) is 9.59 Å². The summed E-state index contributed by atoms with van der Waals surface area (Å²) in [5, 5.41) is 1.94. The monoisotopic (exact) mass is 348 g/mol. The summed E-state index contributed by atoms with van der Waals surface area (Å²) in [7, 11) is 0. The first-order chi connectivity index (χ1) is 11.6. The molecule has 1 aliphatic heterocycles. The van der Waals surface area contributed by atoms with Gasteiger partial charge in [0, 0.05) is 13.1 Å². The number of thiophene rings is 1. The Hall–Kier alpha value is -2.15. The highest BCUT2D eigenvalue weighted by Crippen LogP contribution is 2.27. The normalized spacial score (nSPS) is 17.8. The average molecular weight is 348 g/mol. The van der Waals surface area contributed by atoms with Gasteiger partial charge in [-0.05, 0) is 38.1 Å². The number of nitrogens with zero attached hydrogens (tertiary/aromatic N) is 2. The van der Waals surface area contributed by atoms with Crippen LogP contribution < -0.4 is 0 Å². The summed E-state index contributed by atoms with van der Waals surface area (Å²) in [6.45, 7) is 4.88. The Labute approximate surface area is 144 Å². The molecule has 3 rings (SSSR count). The number of rotatable bonds is 4. The Balaban J connectivity index is 1.75. The molecule has 1 saturated heterocycles. The van der Waals surface area contributed by atoms with E-state index in [1.807, 2.05) is 17.5 Å². The molecule has 7 heteroatoms. The molecule has 1 aliphatic rings. The molecule has 0 bridgehead atoms. The first-order valence-electron chi connectivity index (χ1n) is 8.07. The van der Waals surface area contributed by atoms with E-state index in [1.165, 1.54) is 11.3 Å². The van der Waals surface area contributed by atoms with Crippen molar-refractivity contribution in [3.63, 3.8) is 0 Å². The molecule has 128 valence electrons. The highest BCUT2D eigenvalue weighted by atomic mass is 32.1. The highest BCUT2D eigenvalue weighted by Gasteiger charge is 2.32. The van der Waals surface area contributed by atoms with Crippen molar-refractivity contribution in [2.75, 3.05) is 19.7 Å². The van der Waals surface area contributed by atoms with E-state index in [0.29, 0.717) is 37.0 Å². The standard InChI is InChI=1S/C17H20N2O4S/c1-3-22-17(21)12-6-4-8-19(10-12)16(20)14-11(2)23-15(18-14)13-7-5-9-24-13/h5,7,9,12H,3-4,6,8,10H2,1-2H3/t12-/m0/s1. The van der Waals surface area contributed by atoms with Crippen LogP contribution in [0.1, 0.15) is 36.0 Å². The van der Waals surface area contributed by atoms with Crippen molar-refractivity contribution in [1.29, 1.82) is 0 Å². The lowest BCUT2D eigenvalue weighted by atomic mass is 9.98. The smallest absolute Gasteiger partial charge is 0.310 e. The minimum atomic E-state index is -0.258. The maximum Gasteiger partial charge on any atom is 0.310 e. The minimum Gasteiger partial charge on any atom is -0.466 e. The Morgan fingerprint density at radius 1 is 1.50 bits per heavy atom. The summed E-state index contributed by atoms with van der Waals surface area (Å²) in [5.41, 5.74) is 0.322. The highest BCUT2D eigenvalue weighted by molar-refractivity contribution is 7.13. The summed E-state index contributed by atoms with van der Waals surface area (Å²) in [6, 6.07) is 3.82. The van der Waals surface area contributed by atoms with Gasteiger partial charge in [-0.3, -0.25) is 9.59 Å². The van der Waals surface area contributed by atoms with E-state index >= 15 is 0 Å². The lowest BCUT2D eigenvalue weighted by Gasteiger charge is -2.31. The van der Waals surface area contributed by atoms with Crippen molar-refractivity contribution in [3.05, 3.63) is 29.0 Å². The van der Waals surface area contributed by atoms with Crippen LogP contribution in [-0.4, -0.2) is 41.5 Å². The fourth-order valence-electron chi connectivity index (χ4n) is 2.86. The zero-order valence-corrected chi connectivity index (χ0v) is 14.6. The number of aromatic nitrogens is 1. The molecular formula is C17H20N2O4S. The lowest BCUT2D eigenvalue weighted by Crippen LogP contribution is -2.43. The first-order valence-corrected chi connectivity index (χ1v) is 8.95. The number of hydrogen-bond donors (Lipinski definition) is 0. The van der Waals surface area contributed by atoms with Crippen LogP contribution in [0.25, 0.3) is 10.8 Å². The molecule has 0 radical (unpaired) electrons. The van der Waals surface area contributed by atoms with Gasteiger partial charge in [0.15, 0.2) is 5.69 Å². The molecule has 1 fully saturated rings. The third kappa shape index (κ3) is 3.36. The number of oxazole rings is 1. The average Bonchev–Trinajstić information content (AvgIpc) is 3.24. The van der Waals surface area contributed by atoms with Crippen LogP contribution in [0.5, 0.6) is 0 Å². The number of hydrogen-bond acceptors (Lipinski definition) is 6. The molecule has 2 aromatic rings. The van der Waals surface area contributed by atoms with Gasteiger partial charge in [-0.15, -0.1) is 11.3 Å². The summed E-state index contributed by atoms with van der Waals surface area (Å²) in [5.74, 6) is 0.289. The van der Waals surface area contributed by atoms with Crippen LogP contribution in [-0.2, 0) is 9.53 Å². The fourth-order valence-corrected chi connectivity index (χ4v) is 3.51. The summed E-state index contributed by atoms with van der Waals surface area (Å²) in [4.78, 5) is 31.7. The molecule has 6 nitrogen and oxygen atoms in total. The molecule has 2 aromatic heterocycles. The zero-order chi connectivity index (χ0) is 17.1. The molecular weight excluding hydrogens is 328 g/mol. The van der Waals surface area contributed by atoms with Gasteiger partial charge in [0.05, 0.1) is 17.4 Å². The van der Waals surface area contributed by atoms with Crippen molar-refractivity contribution >= 4 is 23.2 Å². The number of carbonyl (C=O) groups is 2. The molecule has 0 saturated carbocycles. The number of piperidine rings is 1. The molecule has 0 aliphatic carbocycles. The van der Waals surface area contributed by atoms with E-state index in [1.54, 1.807) is 18.7 Å². The van der Waals surface area contributed by atoms with E-state index in [4.69, 9.17) is 9.15 Å². The lowest BCUT2D eigenvalue weighted by molar-refractivity contribution is -0.149. The van der Waals surface area contributed by atoms with Gasteiger partial charge in [-0.2, -0.15) is 0 Å². The maximum atomic E-state index is 12.8. The molecule has 0 N–H and O–H groups in total. The van der Waals surface area contributed by atoms with Gasteiger partial charge >= 0.3 is 5.97 Å². The third-order valence-corrected chi connectivity index (χ3v) is 4.92. The van der Waals surface area contributed by atoms with Crippen molar-refractivity contribution in [2.24, 2.45) is 5.92 Å². The van der Waals surface area contributed by atoms with Gasteiger partial charge in [0.1, 0.15) is 5.76 Å². The van der Waals surface area contributed by atoms with Crippen molar-refractivity contribution < 1.29 is 18.7 Å². The van der Waals surface area contributed by atoms with Gasteiger partial charge in [-0.25, -0.2) is 4.98 Å². The third-order valence-electron chi connectivity index (χ3n) is 4.06. The number of likely N-dealkylation sites (tertiary alicyclic amines) is 1. The predicted molar refractivity (Wildman–Crippen MR) is 89.8 cm³/mol. The van der Waals surface area contributed by atoms with Crippen LogP contribution in [0.2, 0.25) is 0 Å². The number of esters is 1. The van der Waals surface area contributed by atoms with Crippen molar-refractivity contribution in [2.45, 2.75) is 26.7 Å². The molecule has 3 heterocycles. The van der Waals surface area contributed by atoms with Crippen LogP contribution in [0, 0.1) is 12.8 Å². The number of aryl methyl sites for hydroxylation is 1. The Bertz CT molecular complexity index is 723. The zero-order valence-electron chi connectivity index (χ0n) is 13.8. The molecule has 1 atom stereocenters. The van der Waals surface area contributed by atoms with Crippen LogP contribution in [0.4, 0.5) is 0 Å². The fraction of sp³-hybridized carbons (Fsp3) is 0.471. The molecule has 24 heavy (non-hydrogen) atoms. The minimum absolute atomic E-state index is 0.187. The summed E-state index contributed by atoms with van der Waals surface area (Å²) in [6.07, 6.45) is 1.53. The molecule has 0 aromatic carbocycles. The number of carbonyl (C=O) groups excluding carboxylic acids is 2. The quantitative estimate of drug-likeness (QED) is 0.794.